The van der Waals surface area contributed by atoms with Crippen LogP contribution in [0.15, 0.2) is 48.5 Å². The quantitative estimate of drug-likeness (QED) is 0.855. The van der Waals surface area contributed by atoms with Crippen molar-refractivity contribution in [2.24, 2.45) is 0 Å². The van der Waals surface area contributed by atoms with Crippen molar-refractivity contribution >= 4 is 30.0 Å². The second kappa shape index (κ2) is 5.27. The van der Waals surface area contributed by atoms with Gasteiger partial charge in [-0.3, -0.25) is 0 Å². The summed E-state index contributed by atoms with van der Waals surface area (Å²) in [5.41, 5.74) is 1.03. The van der Waals surface area contributed by atoms with E-state index in [1.54, 1.807) is 0 Å². The molecule has 3 heteroatoms. The Bertz CT molecular complexity index is 534. The average molecular weight is 277 g/mol. The van der Waals surface area contributed by atoms with Gasteiger partial charge in [0.1, 0.15) is 8.07 Å². The van der Waals surface area contributed by atoms with Gasteiger partial charge in [0, 0.05) is 5.02 Å². The molecular weight excluding hydrogens is 260 g/mol. The fourth-order valence-electron chi connectivity index (χ4n) is 2.29. The molecule has 0 bridgehead atoms. The van der Waals surface area contributed by atoms with Gasteiger partial charge >= 0.3 is 0 Å². The Labute approximate surface area is 114 Å². The topological polar surface area (TPSA) is 20.2 Å². The molecule has 0 unspecified atom stereocenters. The summed E-state index contributed by atoms with van der Waals surface area (Å²) in [6, 6.07) is 16.2. The van der Waals surface area contributed by atoms with Crippen LogP contribution in [0.3, 0.4) is 0 Å². The smallest absolute Gasteiger partial charge is 0.112 e. The molecule has 0 aliphatic carbocycles. The summed E-state index contributed by atoms with van der Waals surface area (Å²) in [4.78, 5) is 0. The molecule has 2 rings (SSSR count). The summed E-state index contributed by atoms with van der Waals surface area (Å²) in [5.74, 6) is 0. The highest BCUT2D eigenvalue weighted by Crippen LogP contribution is 2.11. The van der Waals surface area contributed by atoms with Crippen molar-refractivity contribution in [3.63, 3.8) is 0 Å². The Morgan fingerprint density at radius 1 is 1.00 bits per heavy atom. The summed E-state index contributed by atoms with van der Waals surface area (Å²) >= 11 is 5.94. The summed E-state index contributed by atoms with van der Waals surface area (Å²) < 4.78 is 0. The molecule has 0 amide bonds. The number of aliphatic hydroxyl groups is 1. The molecule has 94 valence electrons. The predicted octanol–water partition coefficient (Wildman–Crippen LogP) is 2.65. The van der Waals surface area contributed by atoms with Gasteiger partial charge in [0.05, 0.1) is 6.61 Å². The van der Waals surface area contributed by atoms with E-state index in [-0.39, 0.29) is 6.61 Å². The second-order valence-corrected chi connectivity index (χ2v) is 9.75. The fourth-order valence-corrected chi connectivity index (χ4v) is 5.21. The zero-order valence-corrected chi connectivity index (χ0v) is 12.4. The molecule has 0 aromatic heterocycles. The first-order valence-electron chi connectivity index (χ1n) is 6.01. The van der Waals surface area contributed by atoms with E-state index in [9.17, 15) is 5.11 Å². The summed E-state index contributed by atoms with van der Waals surface area (Å²) in [6.07, 6.45) is 0. The van der Waals surface area contributed by atoms with E-state index in [2.05, 4.69) is 31.3 Å². The van der Waals surface area contributed by atoms with Crippen molar-refractivity contribution in [1.29, 1.82) is 0 Å². The first kappa shape index (κ1) is 13.3. The lowest BCUT2D eigenvalue weighted by Gasteiger charge is -2.26. The van der Waals surface area contributed by atoms with Crippen molar-refractivity contribution in [1.82, 2.24) is 0 Å². The summed E-state index contributed by atoms with van der Waals surface area (Å²) in [5, 5.41) is 12.9. The summed E-state index contributed by atoms with van der Waals surface area (Å²) in [7, 11) is -1.76. The van der Waals surface area contributed by atoms with Gasteiger partial charge < -0.3 is 5.11 Å². The highest BCUT2D eigenvalue weighted by molar-refractivity contribution is 7.00. The maximum absolute atomic E-state index is 9.47. The average Bonchev–Trinajstić information content (AvgIpc) is 2.39. The van der Waals surface area contributed by atoms with Gasteiger partial charge in [-0.1, -0.05) is 66.3 Å². The highest BCUT2D eigenvalue weighted by atomic mass is 35.5. The molecule has 0 saturated heterocycles. The van der Waals surface area contributed by atoms with Crippen LogP contribution >= 0.6 is 11.6 Å². The van der Waals surface area contributed by atoms with Crippen molar-refractivity contribution in [3.05, 3.63) is 59.1 Å². The number of halogens is 1. The molecule has 1 N–H and O–H groups in total. The third kappa shape index (κ3) is 2.51. The third-order valence-electron chi connectivity index (χ3n) is 3.43. The minimum Gasteiger partial charge on any atom is -0.392 e. The van der Waals surface area contributed by atoms with E-state index < -0.39 is 8.07 Å². The fraction of sp³-hybridized carbons (Fsp3) is 0.200. The van der Waals surface area contributed by atoms with Gasteiger partial charge in [0.25, 0.3) is 0 Å². The number of aliphatic hydroxyl groups excluding tert-OH is 1. The third-order valence-corrected chi connectivity index (χ3v) is 7.29. The molecule has 18 heavy (non-hydrogen) atoms. The van der Waals surface area contributed by atoms with Crippen LogP contribution in [0.1, 0.15) is 5.56 Å². The van der Waals surface area contributed by atoms with Crippen LogP contribution in [0.5, 0.6) is 0 Å². The van der Waals surface area contributed by atoms with E-state index in [0.29, 0.717) is 0 Å². The second-order valence-electron chi connectivity index (χ2n) is 4.95. The standard InChI is InChI=1S/C15H17ClOSi/c1-18(2,14-9-7-13(16)8-10-14)15-6-4-3-5-12(15)11-17/h3-10,17H,11H2,1-2H3. The Balaban J connectivity index is 2.50. The van der Waals surface area contributed by atoms with E-state index in [4.69, 9.17) is 11.6 Å². The van der Waals surface area contributed by atoms with Gasteiger partial charge in [0.15, 0.2) is 0 Å². The molecule has 0 aliphatic heterocycles. The van der Waals surface area contributed by atoms with Crippen LogP contribution in [0.25, 0.3) is 0 Å². The van der Waals surface area contributed by atoms with Crippen molar-refractivity contribution < 1.29 is 5.11 Å². The van der Waals surface area contributed by atoms with Gasteiger partial charge in [-0.05, 0) is 22.9 Å². The van der Waals surface area contributed by atoms with E-state index in [1.165, 1.54) is 10.4 Å². The van der Waals surface area contributed by atoms with Crippen LogP contribution in [-0.2, 0) is 6.61 Å². The highest BCUT2D eigenvalue weighted by Gasteiger charge is 2.27. The SMILES string of the molecule is C[Si](C)(c1ccc(Cl)cc1)c1ccccc1CO. The summed E-state index contributed by atoms with van der Waals surface area (Å²) in [6.45, 7) is 4.69. The molecule has 0 spiro atoms. The molecule has 0 atom stereocenters. The molecule has 0 aliphatic rings. The molecule has 0 heterocycles. The minimum atomic E-state index is -1.76. The Morgan fingerprint density at radius 3 is 2.22 bits per heavy atom. The predicted molar refractivity (Wildman–Crippen MR) is 80.6 cm³/mol. The number of benzene rings is 2. The van der Waals surface area contributed by atoms with Crippen LogP contribution in [-0.4, -0.2) is 13.2 Å². The lowest BCUT2D eigenvalue weighted by molar-refractivity contribution is 0.283. The van der Waals surface area contributed by atoms with Gasteiger partial charge in [-0.25, -0.2) is 0 Å². The normalized spacial score (nSPS) is 11.6. The largest absolute Gasteiger partial charge is 0.392 e. The molecule has 0 saturated carbocycles. The van der Waals surface area contributed by atoms with Gasteiger partial charge in [-0.15, -0.1) is 0 Å². The number of hydrogen-bond acceptors (Lipinski definition) is 1. The molecule has 0 radical (unpaired) electrons. The molecule has 0 fully saturated rings. The first-order valence-corrected chi connectivity index (χ1v) is 9.39. The van der Waals surface area contributed by atoms with E-state index in [1.807, 2.05) is 30.3 Å². The van der Waals surface area contributed by atoms with Gasteiger partial charge in [-0.2, -0.15) is 0 Å². The zero-order chi connectivity index (χ0) is 13.2. The lowest BCUT2D eigenvalue weighted by atomic mass is 10.2. The Hall–Kier alpha value is -1.09. The van der Waals surface area contributed by atoms with Crippen molar-refractivity contribution in [3.8, 4) is 0 Å². The van der Waals surface area contributed by atoms with Crippen LogP contribution < -0.4 is 10.4 Å². The molecule has 2 aromatic rings. The Kier molecular flexibility index (Phi) is 3.90. The van der Waals surface area contributed by atoms with Crippen molar-refractivity contribution in [2.75, 3.05) is 0 Å². The number of rotatable bonds is 3. The maximum Gasteiger partial charge on any atom is 0.112 e. The van der Waals surface area contributed by atoms with Crippen molar-refractivity contribution in [2.45, 2.75) is 19.7 Å². The number of hydrogen-bond donors (Lipinski definition) is 1. The van der Waals surface area contributed by atoms with E-state index >= 15 is 0 Å². The van der Waals surface area contributed by atoms with E-state index in [0.717, 1.165) is 10.6 Å². The van der Waals surface area contributed by atoms with Crippen LogP contribution in [0, 0.1) is 0 Å². The Morgan fingerprint density at radius 2 is 1.61 bits per heavy atom. The van der Waals surface area contributed by atoms with Crippen LogP contribution in [0.4, 0.5) is 0 Å². The zero-order valence-electron chi connectivity index (χ0n) is 10.7. The monoisotopic (exact) mass is 276 g/mol. The molecule has 2 aromatic carbocycles. The lowest BCUT2D eigenvalue weighted by Crippen LogP contribution is -2.54. The molecule has 1 nitrogen and oxygen atoms in total. The first-order chi connectivity index (χ1) is 8.55. The molecular formula is C15H17ClOSi. The minimum absolute atomic E-state index is 0.0974. The van der Waals surface area contributed by atoms with Gasteiger partial charge in [0.2, 0.25) is 0 Å². The maximum atomic E-state index is 9.47. The van der Waals surface area contributed by atoms with Crippen LogP contribution in [0.2, 0.25) is 18.1 Å².